The minimum Gasteiger partial charge on any atom is -0.302 e. The third-order valence-corrected chi connectivity index (χ3v) is 2.09. The third-order valence-electron chi connectivity index (χ3n) is 2.09. The summed E-state index contributed by atoms with van der Waals surface area (Å²) >= 11 is 0. The zero-order valence-corrected chi connectivity index (χ0v) is 8.59. The molecule has 0 atom stereocenters. The predicted molar refractivity (Wildman–Crippen MR) is 47.3 cm³/mol. The molecule has 0 bridgehead atoms. The molecule has 0 N–H and O–H groups in total. The first kappa shape index (κ1) is 11.7. The van der Waals surface area contributed by atoms with Gasteiger partial charge in [-0.15, -0.1) is 0 Å². The lowest BCUT2D eigenvalue weighted by molar-refractivity contribution is -0.142. The van der Waals surface area contributed by atoms with Crippen molar-refractivity contribution in [2.24, 2.45) is 7.05 Å². The minimum atomic E-state index is -4.53. The van der Waals surface area contributed by atoms with E-state index in [2.05, 4.69) is 5.10 Å². The molecule has 0 saturated carbocycles. The molecule has 0 radical (unpaired) electrons. The van der Waals surface area contributed by atoms with E-state index in [-0.39, 0.29) is 5.56 Å². The molecule has 1 aromatic rings. The highest BCUT2D eigenvalue weighted by atomic mass is 19.4. The topological polar surface area (TPSA) is 34.9 Å². The number of aromatic nitrogens is 2. The lowest BCUT2D eigenvalue weighted by atomic mass is 9.86. The van der Waals surface area contributed by atoms with Crippen molar-refractivity contribution in [2.45, 2.75) is 25.4 Å². The number of halogens is 3. The summed E-state index contributed by atoms with van der Waals surface area (Å²) in [4.78, 5) is 10.7. The Morgan fingerprint density at radius 3 is 2.33 bits per heavy atom. The van der Waals surface area contributed by atoms with Gasteiger partial charge >= 0.3 is 6.18 Å². The number of hydrogen-bond donors (Lipinski definition) is 0. The largest absolute Gasteiger partial charge is 0.435 e. The van der Waals surface area contributed by atoms with E-state index in [1.807, 2.05) is 0 Å². The molecule has 0 aliphatic heterocycles. The molecule has 0 aliphatic carbocycles. The summed E-state index contributed by atoms with van der Waals surface area (Å²) in [5.41, 5.74) is -2.28. The van der Waals surface area contributed by atoms with Gasteiger partial charge in [0.15, 0.2) is 5.69 Å². The zero-order chi connectivity index (χ0) is 11.9. The molecule has 0 saturated heterocycles. The van der Waals surface area contributed by atoms with Crippen LogP contribution in [0.1, 0.15) is 25.1 Å². The molecule has 1 rings (SSSR count). The Bertz CT molecular complexity index is 379. The van der Waals surface area contributed by atoms with Crippen molar-refractivity contribution in [3.63, 3.8) is 0 Å². The fourth-order valence-electron chi connectivity index (χ4n) is 1.23. The van der Waals surface area contributed by atoms with Gasteiger partial charge < -0.3 is 4.79 Å². The predicted octanol–water partition coefficient (Wildman–Crippen LogP) is 1.92. The van der Waals surface area contributed by atoms with Gasteiger partial charge in [-0.1, -0.05) is 0 Å². The summed E-state index contributed by atoms with van der Waals surface area (Å²) in [7, 11) is 1.39. The van der Waals surface area contributed by atoms with Gasteiger partial charge in [0.2, 0.25) is 0 Å². The molecule has 0 aromatic carbocycles. The average molecular weight is 220 g/mol. The Hall–Kier alpha value is -1.33. The Balaban J connectivity index is 3.36. The normalized spacial score (nSPS) is 12.9. The number of nitrogens with zero attached hydrogens (tertiary/aromatic N) is 2. The van der Waals surface area contributed by atoms with Gasteiger partial charge in [-0.25, -0.2) is 0 Å². The number of carbonyl (C=O) groups is 1. The van der Waals surface area contributed by atoms with Crippen LogP contribution in [0.5, 0.6) is 0 Å². The van der Waals surface area contributed by atoms with Crippen molar-refractivity contribution in [1.82, 2.24) is 9.78 Å². The zero-order valence-electron chi connectivity index (χ0n) is 8.59. The Labute approximate surface area is 84.9 Å². The van der Waals surface area contributed by atoms with Gasteiger partial charge in [-0.05, 0) is 13.8 Å². The molecular weight excluding hydrogens is 209 g/mol. The minimum absolute atomic E-state index is 0.104. The number of hydrogen-bond acceptors (Lipinski definition) is 2. The second-order valence-electron chi connectivity index (χ2n) is 3.90. The maximum Gasteiger partial charge on any atom is 0.435 e. The van der Waals surface area contributed by atoms with Gasteiger partial charge in [0.1, 0.15) is 6.29 Å². The molecule has 0 fully saturated rings. The lowest BCUT2D eigenvalue weighted by Gasteiger charge is -2.17. The smallest absolute Gasteiger partial charge is 0.302 e. The summed E-state index contributed by atoms with van der Waals surface area (Å²) in [5.74, 6) is 0. The van der Waals surface area contributed by atoms with Crippen molar-refractivity contribution in [1.29, 1.82) is 0 Å². The molecule has 0 amide bonds. The first-order valence-corrected chi connectivity index (χ1v) is 4.26. The maximum atomic E-state index is 12.5. The van der Waals surface area contributed by atoms with Crippen molar-refractivity contribution in [3.8, 4) is 0 Å². The summed E-state index contributed by atoms with van der Waals surface area (Å²) < 4.78 is 38.7. The van der Waals surface area contributed by atoms with Gasteiger partial charge in [-0.3, -0.25) is 4.68 Å². The van der Waals surface area contributed by atoms with E-state index in [9.17, 15) is 18.0 Å². The van der Waals surface area contributed by atoms with E-state index < -0.39 is 17.3 Å². The van der Waals surface area contributed by atoms with Crippen molar-refractivity contribution in [2.75, 3.05) is 0 Å². The molecule has 1 aromatic heterocycles. The third kappa shape index (κ3) is 2.19. The van der Waals surface area contributed by atoms with Gasteiger partial charge in [0, 0.05) is 24.2 Å². The van der Waals surface area contributed by atoms with Gasteiger partial charge in [-0.2, -0.15) is 18.3 Å². The summed E-state index contributed by atoms with van der Waals surface area (Å²) in [6.45, 7) is 2.85. The Morgan fingerprint density at radius 1 is 1.40 bits per heavy atom. The fourth-order valence-corrected chi connectivity index (χ4v) is 1.23. The van der Waals surface area contributed by atoms with Crippen LogP contribution < -0.4 is 0 Å². The molecule has 3 nitrogen and oxygen atoms in total. The summed E-state index contributed by atoms with van der Waals surface area (Å²) in [6.07, 6.45) is -2.83. The van der Waals surface area contributed by atoms with Crippen LogP contribution in [0.25, 0.3) is 0 Å². The van der Waals surface area contributed by atoms with Crippen LogP contribution >= 0.6 is 0 Å². The SMILES string of the molecule is Cn1cc(C(C)(C)C=O)c(C(F)(F)F)n1. The van der Waals surface area contributed by atoms with Crippen LogP contribution in [0.4, 0.5) is 13.2 Å². The lowest BCUT2D eigenvalue weighted by Crippen LogP contribution is -2.23. The van der Waals surface area contributed by atoms with Crippen LogP contribution in [0, 0.1) is 0 Å². The average Bonchev–Trinajstić information content (AvgIpc) is 2.47. The maximum absolute atomic E-state index is 12.5. The molecule has 0 unspecified atom stereocenters. The molecule has 0 spiro atoms. The van der Waals surface area contributed by atoms with Crippen molar-refractivity contribution in [3.05, 3.63) is 17.5 Å². The van der Waals surface area contributed by atoms with E-state index in [0.717, 1.165) is 4.68 Å². The second kappa shape index (κ2) is 3.36. The van der Waals surface area contributed by atoms with Crippen LogP contribution in [-0.4, -0.2) is 16.1 Å². The number of aryl methyl sites for hydroxylation is 1. The van der Waals surface area contributed by atoms with Crippen LogP contribution in [-0.2, 0) is 23.4 Å². The highest BCUT2D eigenvalue weighted by Crippen LogP contribution is 2.35. The van der Waals surface area contributed by atoms with Crippen molar-refractivity contribution < 1.29 is 18.0 Å². The van der Waals surface area contributed by atoms with Crippen molar-refractivity contribution >= 4 is 6.29 Å². The van der Waals surface area contributed by atoms with E-state index in [4.69, 9.17) is 0 Å². The number of aldehydes is 1. The molecule has 0 aliphatic rings. The second-order valence-corrected chi connectivity index (χ2v) is 3.90. The molecular formula is C9H11F3N2O. The molecule has 84 valence electrons. The highest BCUT2D eigenvalue weighted by Gasteiger charge is 2.41. The Kier molecular flexibility index (Phi) is 2.63. The fraction of sp³-hybridized carbons (Fsp3) is 0.556. The van der Waals surface area contributed by atoms with E-state index in [0.29, 0.717) is 6.29 Å². The van der Waals surface area contributed by atoms with Crippen LogP contribution in [0.2, 0.25) is 0 Å². The quantitative estimate of drug-likeness (QED) is 0.713. The first-order valence-electron chi connectivity index (χ1n) is 4.26. The summed E-state index contributed by atoms with van der Waals surface area (Å²) in [5, 5.41) is 3.33. The molecule has 15 heavy (non-hydrogen) atoms. The highest BCUT2D eigenvalue weighted by molar-refractivity contribution is 5.67. The van der Waals surface area contributed by atoms with E-state index >= 15 is 0 Å². The Morgan fingerprint density at radius 2 is 1.93 bits per heavy atom. The standard InChI is InChI=1S/C9H11F3N2O/c1-8(2,5-15)6-4-14(3)13-7(6)9(10,11)12/h4-5H,1-3H3. The van der Waals surface area contributed by atoms with Crippen LogP contribution in [0.3, 0.4) is 0 Å². The number of rotatable bonds is 2. The van der Waals surface area contributed by atoms with Gasteiger partial charge in [0.05, 0.1) is 0 Å². The van der Waals surface area contributed by atoms with E-state index in [1.54, 1.807) is 0 Å². The van der Waals surface area contributed by atoms with Crippen LogP contribution in [0.15, 0.2) is 6.20 Å². The first-order chi connectivity index (χ1) is 6.68. The monoisotopic (exact) mass is 220 g/mol. The van der Waals surface area contributed by atoms with E-state index in [1.165, 1.54) is 27.1 Å². The number of carbonyl (C=O) groups excluding carboxylic acids is 1. The number of alkyl halides is 3. The molecule has 1 heterocycles. The molecule has 6 heteroatoms. The van der Waals surface area contributed by atoms with Gasteiger partial charge in [0.25, 0.3) is 0 Å². The summed E-state index contributed by atoms with van der Waals surface area (Å²) in [6, 6.07) is 0.